The fraction of sp³-hybridized carbons (Fsp3) is 0.500. The molecule has 23 heteroatoms. The summed E-state index contributed by atoms with van der Waals surface area (Å²) < 4.78 is 62.6. The lowest BCUT2D eigenvalue weighted by molar-refractivity contribution is -0.0870. The standard InChI is InChI=1S/C22H27N9O12P2/c1-8-15-16(14(32)21(40-15)30-6-26-12-10(23)2-3-25-17(12)30)43-44(34,35)38-5-9-4-11(42-45(36,37)41-8)20(39-9)31-7-27-13-18(31)28-22(24)29-19(13)33/h2-3,6-9,11,14-16,20-21,32H,4-5H2,1H3,(H2,23,25)(H,34,35)(H,36,37)(H3,24,28,29,33)/t8-,9-,11+,14+,15-,16-,20+,21+/m0/s1. The van der Waals surface area contributed by atoms with E-state index in [4.69, 9.17) is 39.0 Å². The van der Waals surface area contributed by atoms with Crippen LogP contribution in [0.4, 0.5) is 11.6 Å². The number of aliphatic hydroxyl groups is 1. The van der Waals surface area contributed by atoms with Gasteiger partial charge in [0, 0.05) is 12.6 Å². The summed E-state index contributed by atoms with van der Waals surface area (Å²) in [5, 5.41) is 11.3. The van der Waals surface area contributed by atoms with Crippen molar-refractivity contribution in [2.75, 3.05) is 18.1 Å². The zero-order valence-electron chi connectivity index (χ0n) is 23.1. The number of hydrogen-bond donors (Lipinski definition) is 6. The molecule has 45 heavy (non-hydrogen) atoms. The van der Waals surface area contributed by atoms with E-state index in [0.29, 0.717) is 11.2 Å². The Hall–Kier alpha value is -3.33. The Morgan fingerprint density at radius 1 is 0.956 bits per heavy atom. The second kappa shape index (κ2) is 10.9. The molecule has 0 saturated carbocycles. The number of anilines is 2. The number of nitrogens with zero attached hydrogens (tertiary/aromatic N) is 6. The molecule has 3 fully saturated rings. The summed E-state index contributed by atoms with van der Waals surface area (Å²) in [6.07, 6.45) is -7.06. The van der Waals surface area contributed by atoms with Crippen molar-refractivity contribution >= 4 is 49.6 Å². The van der Waals surface area contributed by atoms with Gasteiger partial charge in [0.1, 0.15) is 29.9 Å². The van der Waals surface area contributed by atoms with E-state index in [1.54, 1.807) is 0 Å². The number of H-pyrrole nitrogens is 1. The maximum absolute atomic E-state index is 13.4. The van der Waals surface area contributed by atoms with E-state index in [0.717, 1.165) is 0 Å². The number of nitrogen functional groups attached to an aromatic ring is 2. The Kier molecular flexibility index (Phi) is 7.34. The number of aromatic nitrogens is 7. The first kappa shape index (κ1) is 30.3. The molecule has 4 aromatic rings. The van der Waals surface area contributed by atoms with E-state index in [-0.39, 0.29) is 29.2 Å². The van der Waals surface area contributed by atoms with Crippen LogP contribution in [0.2, 0.25) is 0 Å². The summed E-state index contributed by atoms with van der Waals surface area (Å²) >= 11 is 0. The lowest BCUT2D eigenvalue weighted by Crippen LogP contribution is -2.40. The maximum atomic E-state index is 13.4. The van der Waals surface area contributed by atoms with E-state index in [1.165, 1.54) is 41.0 Å². The summed E-state index contributed by atoms with van der Waals surface area (Å²) in [6, 6.07) is 1.53. The molecule has 4 aromatic heterocycles. The summed E-state index contributed by atoms with van der Waals surface area (Å²) in [4.78, 5) is 52.7. The van der Waals surface area contributed by atoms with Crippen LogP contribution in [0.15, 0.2) is 29.7 Å². The molecule has 2 bridgehead atoms. The predicted octanol–water partition coefficient (Wildman–Crippen LogP) is -0.319. The molecule has 242 valence electrons. The summed E-state index contributed by atoms with van der Waals surface area (Å²) in [7, 11) is -9.91. The molecular formula is C22H27N9O12P2. The van der Waals surface area contributed by atoms with Crippen LogP contribution in [0.1, 0.15) is 25.8 Å². The highest BCUT2D eigenvalue weighted by atomic mass is 31.2. The summed E-state index contributed by atoms with van der Waals surface area (Å²) in [5.74, 6) is -0.218. The number of phosphoric ester groups is 2. The first-order valence-electron chi connectivity index (χ1n) is 13.4. The molecule has 0 aromatic carbocycles. The van der Waals surface area contributed by atoms with Crippen molar-refractivity contribution < 1.29 is 51.6 Å². The fourth-order valence-electron chi connectivity index (χ4n) is 5.67. The molecule has 21 nitrogen and oxygen atoms in total. The Morgan fingerprint density at radius 3 is 2.47 bits per heavy atom. The van der Waals surface area contributed by atoms with Gasteiger partial charge in [-0.3, -0.25) is 37.0 Å². The number of nitrogens with two attached hydrogens (primary N) is 2. The number of imidazole rings is 2. The van der Waals surface area contributed by atoms with Crippen molar-refractivity contribution in [1.82, 2.24) is 34.1 Å². The molecule has 2 unspecified atom stereocenters. The number of pyridine rings is 1. The Morgan fingerprint density at radius 2 is 1.69 bits per heavy atom. The molecule has 3 aliphatic rings. The van der Waals surface area contributed by atoms with Gasteiger partial charge in [-0.15, -0.1) is 0 Å². The molecule has 0 spiro atoms. The van der Waals surface area contributed by atoms with Gasteiger partial charge < -0.3 is 35.8 Å². The van der Waals surface area contributed by atoms with Gasteiger partial charge >= 0.3 is 15.6 Å². The second-order valence-corrected chi connectivity index (χ2v) is 13.4. The summed E-state index contributed by atoms with van der Waals surface area (Å²) in [5.41, 5.74) is 11.8. The molecule has 7 rings (SSSR count). The van der Waals surface area contributed by atoms with Crippen LogP contribution in [-0.2, 0) is 36.7 Å². The average Bonchev–Trinajstić information content (AvgIpc) is 3.72. The van der Waals surface area contributed by atoms with Gasteiger partial charge in [0.05, 0.1) is 37.2 Å². The molecule has 0 aliphatic carbocycles. The number of ether oxygens (including phenoxy) is 2. The molecule has 3 aliphatic heterocycles. The molecule has 3 saturated heterocycles. The molecule has 0 amide bonds. The fourth-order valence-corrected chi connectivity index (χ4v) is 7.76. The Balaban J connectivity index is 1.21. The molecule has 7 heterocycles. The van der Waals surface area contributed by atoms with Gasteiger partial charge in [0.2, 0.25) is 5.95 Å². The smallest absolute Gasteiger partial charge is 0.397 e. The second-order valence-electron chi connectivity index (χ2n) is 10.6. The van der Waals surface area contributed by atoms with Crippen LogP contribution in [0.5, 0.6) is 0 Å². The number of fused-ring (bicyclic) bond motifs is 5. The van der Waals surface area contributed by atoms with Crippen LogP contribution in [0, 0.1) is 0 Å². The van der Waals surface area contributed by atoms with Crippen molar-refractivity contribution in [3.63, 3.8) is 0 Å². The van der Waals surface area contributed by atoms with Crippen LogP contribution in [0.25, 0.3) is 22.3 Å². The van der Waals surface area contributed by atoms with Gasteiger partial charge in [-0.25, -0.2) is 24.1 Å². The van der Waals surface area contributed by atoms with Gasteiger partial charge in [0.15, 0.2) is 29.3 Å². The van der Waals surface area contributed by atoms with Crippen LogP contribution >= 0.6 is 15.6 Å². The van der Waals surface area contributed by atoms with Gasteiger partial charge in [-0.1, -0.05) is 0 Å². The SMILES string of the molecule is C[C@@H]1OP(=O)(O)O[C@@H]2C[C@@H](COP(=O)(O)O[C@H]3[C@@H](O)[C@H](n4cnc5c(N)ccnc54)O[C@H]31)O[C@H]2n1cnc2c(=O)[nH]c(N)nc21. The van der Waals surface area contributed by atoms with E-state index < -0.39 is 76.9 Å². The minimum absolute atomic E-state index is 0.0127. The predicted molar refractivity (Wildman–Crippen MR) is 149 cm³/mol. The van der Waals surface area contributed by atoms with Crippen molar-refractivity contribution in [2.24, 2.45) is 0 Å². The quantitative estimate of drug-likeness (QED) is 0.149. The van der Waals surface area contributed by atoms with E-state index in [9.17, 15) is 28.8 Å². The molecule has 10 atom stereocenters. The van der Waals surface area contributed by atoms with Crippen molar-refractivity contribution in [3.8, 4) is 0 Å². The molecular weight excluding hydrogens is 644 g/mol. The van der Waals surface area contributed by atoms with Gasteiger partial charge in [0.25, 0.3) is 5.56 Å². The largest absolute Gasteiger partial charge is 0.472 e. The number of rotatable bonds is 2. The van der Waals surface area contributed by atoms with Crippen LogP contribution in [-0.4, -0.2) is 92.2 Å². The topological polar surface area (TPSA) is 297 Å². The van der Waals surface area contributed by atoms with Crippen molar-refractivity contribution in [3.05, 3.63) is 35.3 Å². The monoisotopic (exact) mass is 671 g/mol. The first-order valence-corrected chi connectivity index (χ1v) is 16.4. The number of aromatic amines is 1. The first-order chi connectivity index (χ1) is 21.3. The highest BCUT2D eigenvalue weighted by Crippen LogP contribution is 2.55. The van der Waals surface area contributed by atoms with Crippen molar-refractivity contribution in [1.29, 1.82) is 0 Å². The highest BCUT2D eigenvalue weighted by Gasteiger charge is 2.54. The van der Waals surface area contributed by atoms with E-state index in [2.05, 4.69) is 24.9 Å². The van der Waals surface area contributed by atoms with E-state index in [1.807, 2.05) is 0 Å². The zero-order valence-corrected chi connectivity index (χ0v) is 24.9. The number of nitrogens with one attached hydrogen (secondary N) is 1. The molecule has 0 radical (unpaired) electrons. The average molecular weight is 671 g/mol. The minimum Gasteiger partial charge on any atom is -0.397 e. The van der Waals surface area contributed by atoms with Crippen molar-refractivity contribution in [2.45, 2.75) is 62.4 Å². The normalized spacial score (nSPS) is 37.7. The van der Waals surface area contributed by atoms with Gasteiger partial charge in [-0.05, 0) is 13.0 Å². The minimum atomic E-state index is -4.96. The number of phosphoric acid groups is 2. The maximum Gasteiger partial charge on any atom is 0.472 e. The lowest BCUT2D eigenvalue weighted by atomic mass is 10.1. The van der Waals surface area contributed by atoms with Crippen LogP contribution in [0.3, 0.4) is 0 Å². The summed E-state index contributed by atoms with van der Waals surface area (Å²) in [6.45, 7) is 0.771. The Bertz CT molecular complexity index is 1930. The number of aliphatic hydroxyl groups excluding tert-OH is 1. The zero-order chi connectivity index (χ0) is 31.8. The highest BCUT2D eigenvalue weighted by molar-refractivity contribution is 7.47. The lowest BCUT2D eigenvalue weighted by Gasteiger charge is -2.29. The van der Waals surface area contributed by atoms with Crippen LogP contribution < -0.4 is 17.0 Å². The third-order valence-electron chi connectivity index (χ3n) is 7.59. The van der Waals surface area contributed by atoms with E-state index >= 15 is 0 Å². The third kappa shape index (κ3) is 5.45. The third-order valence-corrected chi connectivity index (χ3v) is 9.72. The number of hydrogen-bond acceptors (Lipinski definition) is 16. The Labute approximate surface area is 251 Å². The molecule has 8 N–H and O–H groups in total. The van der Waals surface area contributed by atoms with Gasteiger partial charge in [-0.2, -0.15) is 4.98 Å².